The molecule has 0 saturated heterocycles. The summed E-state index contributed by atoms with van der Waals surface area (Å²) in [5.41, 5.74) is 0. The molecule has 0 aliphatic heterocycles. The highest BCUT2D eigenvalue weighted by atomic mass is 127. The van der Waals surface area contributed by atoms with Crippen molar-refractivity contribution in [3.63, 3.8) is 0 Å². The molecule has 0 aliphatic rings. The van der Waals surface area contributed by atoms with Gasteiger partial charge in [0, 0.05) is 0 Å². The average Bonchev–Trinajstić information content (AvgIpc) is 1.93. The van der Waals surface area contributed by atoms with Gasteiger partial charge in [-0.25, -0.2) is 8.78 Å². The van der Waals surface area contributed by atoms with Crippen LogP contribution in [0.25, 0.3) is 0 Å². The van der Waals surface area contributed by atoms with Gasteiger partial charge in [0.15, 0.2) is 5.82 Å². The van der Waals surface area contributed by atoms with E-state index in [9.17, 15) is 8.78 Å². The van der Waals surface area contributed by atoms with E-state index in [1.165, 1.54) is 12.1 Å². The molecule has 0 spiro atoms. The predicted molar refractivity (Wildman–Crippen MR) is 46.8 cm³/mol. The summed E-state index contributed by atoms with van der Waals surface area (Å²) in [6, 6.07) is 2.60. The Kier molecular flexibility index (Phi) is 2.62. The Morgan fingerprint density at radius 3 is 2.40 bits per heavy atom. The Bertz CT molecular complexity index is 235. The summed E-state index contributed by atoms with van der Waals surface area (Å²) in [6.07, 6.45) is 0. The van der Waals surface area contributed by atoms with Crippen LogP contribution in [0.15, 0.2) is 16.6 Å². The molecule has 1 rings (SSSR count). The van der Waals surface area contributed by atoms with E-state index >= 15 is 0 Å². The molecule has 54 valence electrons. The SMILES string of the molecule is Fc1ccc(I)c(F)c1Br. The summed E-state index contributed by atoms with van der Waals surface area (Å²) in [5, 5.41) is 0. The molecule has 0 atom stereocenters. The van der Waals surface area contributed by atoms with Gasteiger partial charge in [-0.3, -0.25) is 0 Å². The van der Waals surface area contributed by atoms with Crippen LogP contribution in [-0.4, -0.2) is 0 Å². The summed E-state index contributed by atoms with van der Waals surface area (Å²) in [6.45, 7) is 0. The number of hydrogen-bond acceptors (Lipinski definition) is 0. The fourth-order valence-corrected chi connectivity index (χ4v) is 1.67. The molecule has 0 radical (unpaired) electrons. The first kappa shape index (κ1) is 8.39. The van der Waals surface area contributed by atoms with Crippen LogP contribution in [0, 0.1) is 15.2 Å². The van der Waals surface area contributed by atoms with Crippen molar-refractivity contribution in [2.45, 2.75) is 0 Å². The van der Waals surface area contributed by atoms with E-state index in [1.54, 1.807) is 22.6 Å². The van der Waals surface area contributed by atoms with Crippen LogP contribution in [0.5, 0.6) is 0 Å². The molecule has 0 bridgehead atoms. The van der Waals surface area contributed by atoms with E-state index < -0.39 is 11.6 Å². The van der Waals surface area contributed by atoms with E-state index in [2.05, 4.69) is 15.9 Å². The first-order chi connectivity index (χ1) is 4.63. The number of benzene rings is 1. The summed E-state index contributed by atoms with van der Waals surface area (Å²) >= 11 is 4.57. The van der Waals surface area contributed by atoms with Crippen LogP contribution in [0.1, 0.15) is 0 Å². The lowest BCUT2D eigenvalue weighted by atomic mass is 10.3. The molecule has 0 aliphatic carbocycles. The number of rotatable bonds is 0. The van der Waals surface area contributed by atoms with Crippen molar-refractivity contribution in [3.8, 4) is 0 Å². The molecule has 0 heterocycles. The third-order valence-electron chi connectivity index (χ3n) is 0.988. The molecule has 0 fully saturated rings. The van der Waals surface area contributed by atoms with Crippen LogP contribution in [0.4, 0.5) is 8.78 Å². The van der Waals surface area contributed by atoms with Gasteiger partial charge in [-0.15, -0.1) is 0 Å². The normalized spacial score (nSPS) is 10.0. The van der Waals surface area contributed by atoms with Gasteiger partial charge in [-0.2, -0.15) is 0 Å². The Morgan fingerprint density at radius 1 is 1.30 bits per heavy atom. The highest BCUT2D eigenvalue weighted by Crippen LogP contribution is 2.23. The summed E-state index contributed by atoms with van der Waals surface area (Å²) < 4.78 is 25.5. The summed E-state index contributed by atoms with van der Waals surface area (Å²) in [4.78, 5) is 0. The molecule has 10 heavy (non-hydrogen) atoms. The maximum absolute atomic E-state index is 12.7. The van der Waals surface area contributed by atoms with Crippen LogP contribution in [-0.2, 0) is 0 Å². The highest BCUT2D eigenvalue weighted by Gasteiger charge is 2.07. The van der Waals surface area contributed by atoms with Crippen molar-refractivity contribution in [2.75, 3.05) is 0 Å². The minimum absolute atomic E-state index is 0.0978. The van der Waals surface area contributed by atoms with E-state index in [4.69, 9.17) is 0 Å². The zero-order valence-electron chi connectivity index (χ0n) is 4.67. The zero-order valence-corrected chi connectivity index (χ0v) is 8.41. The monoisotopic (exact) mass is 318 g/mol. The van der Waals surface area contributed by atoms with E-state index in [1.807, 2.05) is 0 Å². The van der Waals surface area contributed by atoms with Gasteiger partial charge in [0.05, 0.1) is 8.04 Å². The van der Waals surface area contributed by atoms with Crippen molar-refractivity contribution in [1.29, 1.82) is 0 Å². The Balaban J connectivity index is 3.34. The Morgan fingerprint density at radius 2 is 1.90 bits per heavy atom. The molecule has 0 unspecified atom stereocenters. The molecule has 0 amide bonds. The lowest BCUT2D eigenvalue weighted by molar-refractivity contribution is 0.567. The van der Waals surface area contributed by atoms with E-state index in [0.717, 1.165) is 0 Å². The van der Waals surface area contributed by atoms with Gasteiger partial charge in [0.1, 0.15) is 5.82 Å². The molecule has 1 aromatic carbocycles. The Labute approximate surface area is 78.9 Å². The standard InChI is InChI=1S/C6H2BrF2I/c7-5-3(8)1-2-4(10)6(5)9/h1-2H. The van der Waals surface area contributed by atoms with Gasteiger partial charge in [0.25, 0.3) is 0 Å². The molecular formula is C6H2BrF2I. The van der Waals surface area contributed by atoms with Gasteiger partial charge in [0.2, 0.25) is 0 Å². The molecule has 0 N–H and O–H groups in total. The largest absolute Gasteiger partial charge is 0.206 e. The topological polar surface area (TPSA) is 0 Å². The summed E-state index contributed by atoms with van der Waals surface area (Å²) in [7, 11) is 0. The van der Waals surface area contributed by atoms with E-state index in [-0.39, 0.29) is 4.47 Å². The maximum atomic E-state index is 12.7. The fourth-order valence-electron chi connectivity index (χ4n) is 0.502. The molecule has 0 saturated carbocycles. The van der Waals surface area contributed by atoms with Crippen molar-refractivity contribution in [2.24, 2.45) is 0 Å². The molecule has 4 heteroatoms. The third kappa shape index (κ3) is 1.47. The number of hydrogen-bond donors (Lipinski definition) is 0. The smallest absolute Gasteiger partial charge is 0.153 e. The third-order valence-corrected chi connectivity index (χ3v) is 2.55. The van der Waals surface area contributed by atoms with Gasteiger partial charge < -0.3 is 0 Å². The first-order valence-corrected chi connectivity index (χ1v) is 4.29. The molecule has 0 nitrogen and oxygen atoms in total. The van der Waals surface area contributed by atoms with E-state index in [0.29, 0.717) is 3.57 Å². The zero-order chi connectivity index (χ0) is 7.72. The van der Waals surface area contributed by atoms with Crippen molar-refractivity contribution in [3.05, 3.63) is 31.8 Å². The first-order valence-electron chi connectivity index (χ1n) is 2.42. The van der Waals surface area contributed by atoms with Gasteiger partial charge in [-0.05, 0) is 50.7 Å². The molecule has 1 aromatic rings. The van der Waals surface area contributed by atoms with Gasteiger partial charge in [-0.1, -0.05) is 0 Å². The average molecular weight is 319 g/mol. The van der Waals surface area contributed by atoms with Crippen molar-refractivity contribution in [1.82, 2.24) is 0 Å². The molecule has 0 aromatic heterocycles. The predicted octanol–water partition coefficient (Wildman–Crippen LogP) is 3.33. The van der Waals surface area contributed by atoms with Crippen LogP contribution in [0.3, 0.4) is 0 Å². The number of halogens is 4. The van der Waals surface area contributed by atoms with Crippen LogP contribution < -0.4 is 0 Å². The second-order valence-corrected chi connectivity index (χ2v) is 3.61. The lowest BCUT2D eigenvalue weighted by Crippen LogP contribution is -1.86. The van der Waals surface area contributed by atoms with Gasteiger partial charge >= 0.3 is 0 Å². The quantitative estimate of drug-likeness (QED) is 0.391. The fraction of sp³-hybridized carbons (Fsp3) is 0. The highest BCUT2D eigenvalue weighted by molar-refractivity contribution is 14.1. The minimum atomic E-state index is -0.571. The van der Waals surface area contributed by atoms with Crippen LogP contribution in [0.2, 0.25) is 0 Å². The second-order valence-electron chi connectivity index (χ2n) is 1.66. The minimum Gasteiger partial charge on any atom is -0.206 e. The Hall–Kier alpha value is 0.290. The lowest BCUT2D eigenvalue weighted by Gasteiger charge is -1.96. The summed E-state index contributed by atoms with van der Waals surface area (Å²) in [5.74, 6) is -1.11. The maximum Gasteiger partial charge on any atom is 0.153 e. The van der Waals surface area contributed by atoms with Crippen molar-refractivity contribution >= 4 is 38.5 Å². The second kappa shape index (κ2) is 3.13. The van der Waals surface area contributed by atoms with Crippen molar-refractivity contribution < 1.29 is 8.78 Å². The van der Waals surface area contributed by atoms with Crippen LogP contribution >= 0.6 is 38.5 Å². The molecular weight excluding hydrogens is 317 g/mol.